The Kier molecular flexibility index (Phi) is 8.26. The Morgan fingerprint density at radius 2 is 0.672 bits per heavy atom. The summed E-state index contributed by atoms with van der Waals surface area (Å²) in [6, 6.07) is 70.4. The highest BCUT2D eigenvalue weighted by Crippen LogP contribution is 2.41. The van der Waals surface area contributed by atoms with Crippen LogP contribution in [-0.2, 0) is 0 Å². The van der Waals surface area contributed by atoms with Crippen molar-refractivity contribution in [1.82, 2.24) is 0 Å². The summed E-state index contributed by atoms with van der Waals surface area (Å²) in [7, 11) is 0. The molecule has 0 fully saturated rings. The normalized spacial score (nSPS) is 13.0. The topological polar surface area (TPSA) is 3.24 Å². The van der Waals surface area contributed by atoms with Gasteiger partial charge in [0.1, 0.15) is 0 Å². The van der Waals surface area contributed by atoms with E-state index in [0.29, 0.717) is 16.8 Å². The number of hydrogen-bond acceptors (Lipinski definition) is 1. The zero-order chi connectivity index (χ0) is 51.5. The van der Waals surface area contributed by atoms with E-state index >= 15 is 0 Å². The molecular weight excluding hydrogens is 807 g/mol. The van der Waals surface area contributed by atoms with Crippen LogP contribution < -0.4 is 4.90 Å². The van der Waals surface area contributed by atoms with Crippen LogP contribution in [-0.4, -0.2) is 0 Å². The van der Waals surface area contributed by atoms with Crippen LogP contribution in [0.4, 0.5) is 17.1 Å². The van der Waals surface area contributed by atoms with Gasteiger partial charge in [-0.1, -0.05) is 206 Å². The van der Waals surface area contributed by atoms with Crippen molar-refractivity contribution in [3.8, 4) is 66.8 Å². The summed E-state index contributed by atoms with van der Waals surface area (Å²) in [6.45, 7) is 0. The van der Waals surface area contributed by atoms with E-state index in [1.165, 1.54) is 4.90 Å². The Bertz CT molecular complexity index is 4090. The Balaban J connectivity index is 1.06. The third-order valence-electron chi connectivity index (χ3n) is 12.6. The highest BCUT2D eigenvalue weighted by atomic mass is 15.1. The zero-order valence-electron chi connectivity index (χ0n) is 44.3. The lowest BCUT2D eigenvalue weighted by Gasteiger charge is -2.26. The molecule has 12 aromatic carbocycles. The van der Waals surface area contributed by atoms with Crippen LogP contribution in [0.3, 0.4) is 0 Å². The maximum atomic E-state index is 9.85. The average Bonchev–Trinajstić information content (AvgIpc) is 3.47. The molecule has 0 unspecified atom stereocenters. The lowest BCUT2D eigenvalue weighted by molar-refractivity contribution is 1.28. The number of rotatable bonds is 9. The van der Waals surface area contributed by atoms with Crippen molar-refractivity contribution in [1.29, 1.82) is 0 Å². The second-order valence-corrected chi connectivity index (χ2v) is 16.7. The summed E-state index contributed by atoms with van der Waals surface area (Å²) < 4.78 is 78.1. The fourth-order valence-electron chi connectivity index (χ4n) is 9.26. The molecule has 0 saturated heterocycles. The molecule has 1 heteroatoms. The molecule has 0 aliphatic carbocycles. The summed E-state index contributed by atoms with van der Waals surface area (Å²) in [6.07, 6.45) is 0. The first-order valence-corrected chi connectivity index (χ1v) is 22.4. The predicted octanol–water partition coefficient (Wildman–Crippen LogP) is 18.6. The Morgan fingerprint density at radius 1 is 0.224 bits per heavy atom. The van der Waals surface area contributed by atoms with Crippen LogP contribution in [0.5, 0.6) is 0 Å². The lowest BCUT2D eigenvalue weighted by Crippen LogP contribution is -2.09. The third kappa shape index (κ3) is 7.73. The fourth-order valence-corrected chi connectivity index (χ4v) is 9.26. The summed E-state index contributed by atoms with van der Waals surface area (Å²) in [5, 5.41) is 5.65. The van der Waals surface area contributed by atoms with Gasteiger partial charge in [-0.05, 0) is 166 Å². The number of hydrogen-bond donors (Lipinski definition) is 0. The summed E-state index contributed by atoms with van der Waals surface area (Å²) in [5.74, 6) is 0. The van der Waals surface area contributed by atoms with Crippen LogP contribution in [0.2, 0.25) is 0 Å². The summed E-state index contributed by atoms with van der Waals surface area (Å²) in [4.78, 5) is 1.37. The van der Waals surface area contributed by atoms with E-state index in [9.17, 15) is 11.0 Å². The Labute approximate surface area is 403 Å². The molecule has 1 nitrogen and oxygen atoms in total. The minimum absolute atomic E-state index is 0.0942. The number of fused-ring (bicyclic) bond motifs is 4. The van der Waals surface area contributed by atoms with Crippen LogP contribution in [0.25, 0.3) is 99.1 Å². The maximum Gasteiger partial charge on any atom is 0.0645 e. The molecule has 12 aromatic rings. The molecule has 67 heavy (non-hydrogen) atoms. The molecule has 0 spiro atoms. The minimum Gasteiger partial charge on any atom is -0.311 e. The first-order chi connectivity index (χ1) is 36.5. The Morgan fingerprint density at radius 3 is 1.31 bits per heavy atom. The molecule has 314 valence electrons. The van der Waals surface area contributed by atoms with Crippen LogP contribution in [0, 0.1) is 0 Å². The molecule has 0 atom stereocenters. The summed E-state index contributed by atoms with van der Waals surface area (Å²) >= 11 is 0. The second-order valence-electron chi connectivity index (χ2n) is 16.7. The Hall–Kier alpha value is -8.78. The van der Waals surface area contributed by atoms with Gasteiger partial charge in [0.15, 0.2) is 0 Å². The molecule has 0 aromatic heterocycles. The first-order valence-electron chi connectivity index (χ1n) is 26.4. The second kappa shape index (κ2) is 17.3. The van der Waals surface area contributed by atoms with Crippen molar-refractivity contribution in [2.24, 2.45) is 0 Å². The van der Waals surface area contributed by atoms with Crippen LogP contribution in [0.1, 0.15) is 11.0 Å². The summed E-state index contributed by atoms with van der Waals surface area (Å²) in [5.41, 5.74) is 8.83. The van der Waals surface area contributed by atoms with Gasteiger partial charge in [0.25, 0.3) is 0 Å². The number of benzene rings is 12. The van der Waals surface area contributed by atoms with E-state index in [2.05, 4.69) is 48.5 Å². The standard InChI is InChI=1S/C66H45N/c1-3-15-46(16-4-1)55-42-56(47-17-5-2-6-18-47)44-57(43-55)49-31-37-59(38-32-49)67(60-39-33-51(34-40-60)66-45-54-20-8-10-25-63(54)64-26-11-12-27-65(64)66)58-35-29-48(30-36-58)52-22-13-23-53(41-52)62-28-14-21-50-19-7-9-24-61(50)62/h1-45H/i29D,30D,33D,34D,35D,36D,39D,40D. The average molecular weight is 860 g/mol. The van der Waals surface area contributed by atoms with Gasteiger partial charge < -0.3 is 4.90 Å². The molecule has 0 bridgehead atoms. The van der Waals surface area contributed by atoms with Gasteiger partial charge in [-0.15, -0.1) is 0 Å². The predicted molar refractivity (Wildman–Crippen MR) is 286 cm³/mol. The largest absolute Gasteiger partial charge is 0.311 e. The van der Waals surface area contributed by atoms with Gasteiger partial charge in [-0.25, -0.2) is 0 Å². The van der Waals surface area contributed by atoms with E-state index < -0.39 is 24.2 Å². The fraction of sp³-hybridized carbons (Fsp3) is 0. The van der Waals surface area contributed by atoms with Crippen molar-refractivity contribution in [2.75, 3.05) is 4.90 Å². The smallest absolute Gasteiger partial charge is 0.0645 e. The van der Waals surface area contributed by atoms with E-state index in [4.69, 9.17) is 0 Å². The van der Waals surface area contributed by atoms with Crippen LogP contribution in [0.15, 0.2) is 273 Å². The van der Waals surface area contributed by atoms with Gasteiger partial charge >= 0.3 is 0 Å². The molecule has 0 aliphatic heterocycles. The zero-order valence-corrected chi connectivity index (χ0v) is 36.3. The van der Waals surface area contributed by atoms with E-state index in [1.54, 1.807) is 18.2 Å². The highest BCUT2D eigenvalue weighted by Gasteiger charge is 2.16. The van der Waals surface area contributed by atoms with E-state index in [0.717, 1.165) is 76.8 Å². The third-order valence-corrected chi connectivity index (χ3v) is 12.6. The van der Waals surface area contributed by atoms with Crippen molar-refractivity contribution in [2.45, 2.75) is 0 Å². The lowest BCUT2D eigenvalue weighted by atomic mass is 9.93. The van der Waals surface area contributed by atoms with Gasteiger partial charge in [-0.3, -0.25) is 0 Å². The quantitative estimate of drug-likeness (QED) is 0.131. The van der Waals surface area contributed by atoms with Crippen LogP contribution >= 0.6 is 0 Å². The molecule has 0 aliphatic rings. The van der Waals surface area contributed by atoms with Gasteiger partial charge in [0, 0.05) is 17.1 Å². The number of anilines is 3. The van der Waals surface area contributed by atoms with E-state index in [-0.39, 0.29) is 46.7 Å². The highest BCUT2D eigenvalue weighted by molar-refractivity contribution is 6.13. The molecular formula is C66H45N. The monoisotopic (exact) mass is 859 g/mol. The maximum absolute atomic E-state index is 9.85. The van der Waals surface area contributed by atoms with E-state index in [1.807, 2.05) is 158 Å². The molecule has 0 saturated carbocycles. The van der Waals surface area contributed by atoms with Crippen molar-refractivity contribution in [3.63, 3.8) is 0 Å². The van der Waals surface area contributed by atoms with Gasteiger partial charge in [-0.2, -0.15) is 0 Å². The molecule has 0 heterocycles. The van der Waals surface area contributed by atoms with Crippen molar-refractivity contribution < 1.29 is 11.0 Å². The van der Waals surface area contributed by atoms with Crippen molar-refractivity contribution in [3.05, 3.63) is 273 Å². The molecule has 0 amide bonds. The molecule has 0 N–H and O–H groups in total. The molecule has 0 radical (unpaired) electrons. The number of nitrogens with zero attached hydrogens (tertiary/aromatic N) is 1. The van der Waals surface area contributed by atoms with Crippen molar-refractivity contribution >= 4 is 49.4 Å². The first kappa shape index (κ1) is 32.0. The molecule has 12 rings (SSSR count). The SMILES string of the molecule is [2H]c1c([2H])c(N(c2ccc(-c3cc(-c4ccccc4)cc(-c4ccccc4)c3)cc2)c2c([2H])c([2H])c(-c3cc4ccccc4c4ccccc34)c([2H])c2[2H])c([2H])c([2H])c1-c1cccc(-c2cccc3ccccc23)c1. The van der Waals surface area contributed by atoms with Gasteiger partial charge in [0.2, 0.25) is 0 Å². The van der Waals surface area contributed by atoms with Gasteiger partial charge in [0.05, 0.1) is 11.0 Å². The minimum atomic E-state index is -0.407.